The largest absolute Gasteiger partial charge is 0.388 e. The molecule has 2 rings (SSSR count). The van der Waals surface area contributed by atoms with Crippen molar-refractivity contribution in [2.24, 2.45) is 0 Å². The summed E-state index contributed by atoms with van der Waals surface area (Å²) in [5.74, 6) is -0.117. The molecule has 2 N–H and O–H groups in total. The van der Waals surface area contributed by atoms with Crippen LogP contribution in [-0.4, -0.2) is 28.1 Å². The van der Waals surface area contributed by atoms with Crippen molar-refractivity contribution < 1.29 is 9.90 Å². The normalized spacial score (nSPS) is 18.3. The first kappa shape index (κ1) is 12.5. The Morgan fingerprint density at radius 3 is 2.65 bits per heavy atom. The number of hydrogen-bond acceptors (Lipinski definition) is 4. The second kappa shape index (κ2) is 4.74. The maximum atomic E-state index is 11.9. The quantitative estimate of drug-likeness (QED) is 0.864. The monoisotopic (exact) mass is 254 g/mol. The second-order valence-corrected chi connectivity index (χ2v) is 5.96. The first-order valence-corrected chi connectivity index (χ1v) is 6.76. The van der Waals surface area contributed by atoms with Gasteiger partial charge in [0.1, 0.15) is 4.88 Å². The Balaban J connectivity index is 1.95. The van der Waals surface area contributed by atoms with Crippen molar-refractivity contribution >= 4 is 17.2 Å². The van der Waals surface area contributed by atoms with E-state index in [1.807, 2.05) is 13.8 Å². The van der Waals surface area contributed by atoms with E-state index in [0.29, 0.717) is 11.4 Å². The third-order valence-electron chi connectivity index (χ3n) is 3.22. The SMILES string of the molecule is Cc1nc(C)c(C(=O)NCC2(O)CCCC2)s1. The first-order chi connectivity index (χ1) is 8.00. The molecule has 0 aliphatic heterocycles. The molecule has 5 heteroatoms. The van der Waals surface area contributed by atoms with Gasteiger partial charge in [-0.2, -0.15) is 0 Å². The number of carbonyl (C=O) groups is 1. The number of aryl methyl sites for hydroxylation is 2. The molecule has 1 aliphatic rings. The second-order valence-electron chi connectivity index (χ2n) is 4.76. The van der Waals surface area contributed by atoms with Gasteiger partial charge < -0.3 is 10.4 Å². The number of hydrogen-bond donors (Lipinski definition) is 2. The number of aliphatic hydroxyl groups is 1. The molecule has 1 aliphatic carbocycles. The fourth-order valence-electron chi connectivity index (χ4n) is 2.28. The van der Waals surface area contributed by atoms with Crippen LogP contribution in [-0.2, 0) is 0 Å². The lowest BCUT2D eigenvalue weighted by Gasteiger charge is -2.22. The number of aromatic nitrogens is 1. The van der Waals surface area contributed by atoms with Crippen LogP contribution in [0.4, 0.5) is 0 Å². The number of amides is 1. The maximum absolute atomic E-state index is 11.9. The highest BCUT2D eigenvalue weighted by Crippen LogP contribution is 2.28. The minimum atomic E-state index is -0.691. The van der Waals surface area contributed by atoms with E-state index < -0.39 is 5.60 Å². The van der Waals surface area contributed by atoms with E-state index in [1.54, 1.807) is 0 Å². The van der Waals surface area contributed by atoms with Crippen molar-refractivity contribution in [1.29, 1.82) is 0 Å². The molecule has 0 atom stereocenters. The summed E-state index contributed by atoms with van der Waals surface area (Å²) in [5.41, 5.74) is 0.0759. The molecule has 0 saturated heterocycles. The summed E-state index contributed by atoms with van der Waals surface area (Å²) in [7, 11) is 0. The number of thiazole rings is 1. The zero-order valence-corrected chi connectivity index (χ0v) is 11.1. The third-order valence-corrected chi connectivity index (χ3v) is 4.29. The van der Waals surface area contributed by atoms with Gasteiger partial charge in [-0.1, -0.05) is 12.8 Å². The van der Waals surface area contributed by atoms with Crippen molar-refractivity contribution in [2.45, 2.75) is 45.1 Å². The molecular weight excluding hydrogens is 236 g/mol. The summed E-state index contributed by atoms with van der Waals surface area (Å²) in [4.78, 5) is 16.8. The van der Waals surface area contributed by atoms with E-state index in [4.69, 9.17) is 0 Å². The Morgan fingerprint density at radius 2 is 2.12 bits per heavy atom. The number of nitrogens with zero attached hydrogens (tertiary/aromatic N) is 1. The van der Waals surface area contributed by atoms with Gasteiger partial charge in [0.05, 0.1) is 16.3 Å². The summed E-state index contributed by atoms with van der Waals surface area (Å²) < 4.78 is 0. The van der Waals surface area contributed by atoms with Crippen LogP contribution in [0.5, 0.6) is 0 Å². The van der Waals surface area contributed by atoms with Crippen LogP contribution in [0, 0.1) is 13.8 Å². The molecule has 94 valence electrons. The highest BCUT2D eigenvalue weighted by molar-refractivity contribution is 7.13. The van der Waals surface area contributed by atoms with Gasteiger partial charge in [-0.05, 0) is 26.7 Å². The zero-order chi connectivity index (χ0) is 12.5. The Morgan fingerprint density at radius 1 is 1.47 bits per heavy atom. The van der Waals surface area contributed by atoms with Crippen molar-refractivity contribution in [1.82, 2.24) is 10.3 Å². The maximum Gasteiger partial charge on any atom is 0.263 e. The Labute approximate surface area is 105 Å². The average molecular weight is 254 g/mol. The van der Waals surface area contributed by atoms with Gasteiger partial charge in [-0.25, -0.2) is 4.98 Å². The first-order valence-electron chi connectivity index (χ1n) is 5.95. The van der Waals surface area contributed by atoms with Crippen molar-refractivity contribution in [2.75, 3.05) is 6.54 Å². The van der Waals surface area contributed by atoms with Gasteiger partial charge in [0.25, 0.3) is 5.91 Å². The molecule has 0 bridgehead atoms. The van der Waals surface area contributed by atoms with Crippen molar-refractivity contribution in [3.05, 3.63) is 15.6 Å². The molecule has 4 nitrogen and oxygen atoms in total. The molecule has 1 aromatic heterocycles. The van der Waals surface area contributed by atoms with Crippen LogP contribution in [0.15, 0.2) is 0 Å². The molecule has 1 heterocycles. The van der Waals surface area contributed by atoms with Crippen LogP contribution >= 0.6 is 11.3 Å². The van der Waals surface area contributed by atoms with E-state index in [0.717, 1.165) is 36.4 Å². The lowest BCUT2D eigenvalue weighted by molar-refractivity contribution is 0.0450. The molecule has 17 heavy (non-hydrogen) atoms. The third kappa shape index (κ3) is 2.84. The topological polar surface area (TPSA) is 62.2 Å². The minimum absolute atomic E-state index is 0.117. The van der Waals surface area contributed by atoms with Gasteiger partial charge in [0, 0.05) is 6.54 Å². The van der Waals surface area contributed by atoms with E-state index in [1.165, 1.54) is 11.3 Å². The van der Waals surface area contributed by atoms with Gasteiger partial charge in [0.15, 0.2) is 0 Å². The Bertz CT molecular complexity index is 422. The van der Waals surface area contributed by atoms with Crippen LogP contribution in [0.3, 0.4) is 0 Å². The van der Waals surface area contributed by atoms with Crippen molar-refractivity contribution in [3.8, 4) is 0 Å². The standard InChI is InChI=1S/C12H18N2O2S/c1-8-10(17-9(2)14-8)11(15)13-7-12(16)5-3-4-6-12/h16H,3-7H2,1-2H3,(H,13,15). The molecule has 1 fully saturated rings. The smallest absolute Gasteiger partial charge is 0.263 e. The van der Waals surface area contributed by atoms with E-state index in [9.17, 15) is 9.90 Å². The minimum Gasteiger partial charge on any atom is -0.388 e. The predicted octanol–water partition coefficient (Wildman–Crippen LogP) is 1.79. The summed E-state index contributed by atoms with van der Waals surface area (Å²) >= 11 is 1.40. The average Bonchev–Trinajstić information content (AvgIpc) is 2.83. The molecule has 1 saturated carbocycles. The Kier molecular flexibility index (Phi) is 3.49. The summed E-state index contributed by atoms with van der Waals surface area (Å²) in [6.45, 7) is 4.07. The fraction of sp³-hybridized carbons (Fsp3) is 0.667. The highest BCUT2D eigenvalue weighted by atomic mass is 32.1. The van der Waals surface area contributed by atoms with Crippen LogP contribution < -0.4 is 5.32 Å². The summed E-state index contributed by atoms with van der Waals surface area (Å²) in [6, 6.07) is 0. The molecule has 0 spiro atoms. The lowest BCUT2D eigenvalue weighted by Crippen LogP contribution is -2.40. The van der Waals surface area contributed by atoms with Gasteiger partial charge in [0.2, 0.25) is 0 Å². The van der Waals surface area contributed by atoms with Gasteiger partial charge >= 0.3 is 0 Å². The molecule has 1 aromatic rings. The van der Waals surface area contributed by atoms with Crippen LogP contribution in [0.1, 0.15) is 46.1 Å². The lowest BCUT2D eigenvalue weighted by atomic mass is 10.0. The molecule has 1 amide bonds. The number of carbonyl (C=O) groups excluding carboxylic acids is 1. The predicted molar refractivity (Wildman–Crippen MR) is 67.3 cm³/mol. The summed E-state index contributed by atoms with van der Waals surface area (Å²) in [5, 5.41) is 13.8. The Hall–Kier alpha value is -0.940. The number of rotatable bonds is 3. The summed E-state index contributed by atoms with van der Waals surface area (Å²) in [6.07, 6.45) is 3.66. The van der Waals surface area contributed by atoms with E-state index in [2.05, 4.69) is 10.3 Å². The number of nitrogens with one attached hydrogen (secondary N) is 1. The zero-order valence-electron chi connectivity index (χ0n) is 10.2. The fourth-order valence-corrected chi connectivity index (χ4v) is 3.11. The van der Waals surface area contributed by atoms with E-state index >= 15 is 0 Å². The van der Waals surface area contributed by atoms with Gasteiger partial charge in [-0.3, -0.25) is 4.79 Å². The van der Waals surface area contributed by atoms with Crippen molar-refractivity contribution in [3.63, 3.8) is 0 Å². The highest BCUT2D eigenvalue weighted by Gasteiger charge is 2.31. The molecule has 0 radical (unpaired) electrons. The van der Waals surface area contributed by atoms with E-state index in [-0.39, 0.29) is 5.91 Å². The molecular formula is C12H18N2O2S. The van der Waals surface area contributed by atoms with Crippen LogP contribution in [0.2, 0.25) is 0 Å². The molecule has 0 unspecified atom stereocenters. The molecule has 0 aromatic carbocycles. The van der Waals surface area contributed by atoms with Crippen LogP contribution in [0.25, 0.3) is 0 Å². The van der Waals surface area contributed by atoms with Gasteiger partial charge in [-0.15, -0.1) is 11.3 Å².